The number of oxime groups is 1. The van der Waals surface area contributed by atoms with E-state index < -0.39 is 11.7 Å². The molecule has 1 heterocycles. The minimum atomic E-state index is -4.34. The minimum Gasteiger partial charge on any atom is -0.411 e. The largest absolute Gasteiger partial charge is 0.416 e. The molecule has 1 N–H and O–H groups in total. The maximum Gasteiger partial charge on any atom is 0.416 e. The molecule has 2 nitrogen and oxygen atoms in total. The molecule has 90 valence electrons. The number of nitrogens with zero attached hydrogens (tertiary/aromatic N) is 1. The van der Waals surface area contributed by atoms with Crippen molar-refractivity contribution in [2.45, 2.75) is 13.1 Å². The highest BCUT2D eigenvalue weighted by Gasteiger charge is 2.30. The van der Waals surface area contributed by atoms with E-state index in [1.165, 1.54) is 17.4 Å². The molecule has 0 saturated carbocycles. The maximum atomic E-state index is 12.5. The summed E-state index contributed by atoms with van der Waals surface area (Å²) in [6.45, 7) is 1.59. The summed E-state index contributed by atoms with van der Waals surface area (Å²) in [4.78, 5) is 0.654. The van der Waals surface area contributed by atoms with Crippen molar-refractivity contribution in [3.05, 3.63) is 34.7 Å². The van der Waals surface area contributed by atoms with Crippen LogP contribution in [0.15, 0.2) is 29.4 Å². The molecule has 2 rings (SSSR count). The van der Waals surface area contributed by atoms with E-state index in [4.69, 9.17) is 5.21 Å². The van der Waals surface area contributed by atoms with Gasteiger partial charge in [0.2, 0.25) is 0 Å². The molecule has 1 aromatic heterocycles. The van der Waals surface area contributed by atoms with E-state index in [1.807, 2.05) is 0 Å². The Morgan fingerprint density at radius 3 is 2.59 bits per heavy atom. The van der Waals surface area contributed by atoms with Crippen LogP contribution < -0.4 is 0 Å². The molecule has 0 saturated heterocycles. The number of fused-ring (bicyclic) bond motifs is 1. The summed E-state index contributed by atoms with van der Waals surface area (Å²) < 4.78 is 38.2. The fraction of sp³-hybridized carbons (Fsp3) is 0.182. The van der Waals surface area contributed by atoms with Gasteiger partial charge >= 0.3 is 6.18 Å². The Balaban J connectivity index is 2.56. The number of benzene rings is 1. The third kappa shape index (κ3) is 2.26. The lowest BCUT2D eigenvalue weighted by Crippen LogP contribution is -2.03. The van der Waals surface area contributed by atoms with E-state index in [2.05, 4.69) is 5.16 Å². The minimum absolute atomic E-state index is 0.389. The first kappa shape index (κ1) is 11.9. The molecule has 17 heavy (non-hydrogen) atoms. The Morgan fingerprint density at radius 2 is 2.00 bits per heavy atom. The monoisotopic (exact) mass is 259 g/mol. The van der Waals surface area contributed by atoms with Crippen LogP contribution in [-0.2, 0) is 6.18 Å². The molecule has 0 unspecified atom stereocenters. The van der Waals surface area contributed by atoms with Crippen molar-refractivity contribution in [1.82, 2.24) is 0 Å². The summed E-state index contributed by atoms with van der Waals surface area (Å²) in [5.74, 6) is 0. The second-order valence-electron chi connectivity index (χ2n) is 3.55. The fourth-order valence-electron chi connectivity index (χ4n) is 1.45. The standard InChI is InChI=1S/C11H8F3NOS/c1-6(15-16)10-5-7-4-8(11(12,13)14)2-3-9(7)17-10/h2-5,16H,1H3/b15-6-. The number of rotatable bonds is 1. The predicted octanol–water partition coefficient (Wildman–Crippen LogP) is 4.12. The van der Waals surface area contributed by atoms with E-state index in [-0.39, 0.29) is 0 Å². The molecule has 0 amide bonds. The van der Waals surface area contributed by atoms with Crippen molar-refractivity contribution in [1.29, 1.82) is 0 Å². The van der Waals surface area contributed by atoms with Gasteiger partial charge in [-0.2, -0.15) is 13.2 Å². The van der Waals surface area contributed by atoms with Crippen LogP contribution in [0.25, 0.3) is 10.1 Å². The lowest BCUT2D eigenvalue weighted by molar-refractivity contribution is -0.137. The van der Waals surface area contributed by atoms with Gasteiger partial charge in [-0.1, -0.05) is 5.16 Å². The SMILES string of the molecule is C/C(=N/O)c1cc2cc(C(F)(F)F)ccc2s1. The summed E-state index contributed by atoms with van der Waals surface area (Å²) in [5, 5.41) is 12.1. The Kier molecular flexibility index (Phi) is 2.82. The lowest BCUT2D eigenvalue weighted by Gasteiger charge is -2.05. The molecule has 0 fully saturated rings. The van der Waals surface area contributed by atoms with Crippen LogP contribution in [0.1, 0.15) is 17.4 Å². The van der Waals surface area contributed by atoms with Gasteiger partial charge in [0.15, 0.2) is 0 Å². The summed E-state index contributed by atoms with van der Waals surface area (Å²) >= 11 is 1.29. The smallest absolute Gasteiger partial charge is 0.411 e. The molecule has 0 radical (unpaired) electrons. The Hall–Kier alpha value is -1.56. The number of halogens is 3. The van der Waals surface area contributed by atoms with Crippen LogP contribution in [0.4, 0.5) is 13.2 Å². The van der Waals surface area contributed by atoms with E-state index in [9.17, 15) is 13.2 Å². The molecule has 0 aliphatic carbocycles. The zero-order chi connectivity index (χ0) is 12.6. The molecular weight excluding hydrogens is 251 g/mol. The van der Waals surface area contributed by atoms with Gasteiger partial charge in [-0.05, 0) is 36.6 Å². The highest BCUT2D eigenvalue weighted by atomic mass is 32.1. The summed E-state index contributed by atoms with van der Waals surface area (Å²) in [6, 6.07) is 5.16. The topological polar surface area (TPSA) is 32.6 Å². The van der Waals surface area contributed by atoms with Crippen LogP contribution in [0.3, 0.4) is 0 Å². The van der Waals surface area contributed by atoms with Crippen LogP contribution in [0.5, 0.6) is 0 Å². The fourth-order valence-corrected chi connectivity index (χ4v) is 2.43. The number of thiophene rings is 1. The predicted molar refractivity (Wildman–Crippen MR) is 60.8 cm³/mol. The highest BCUT2D eigenvalue weighted by molar-refractivity contribution is 7.20. The van der Waals surface area contributed by atoms with E-state index in [0.29, 0.717) is 16.0 Å². The lowest BCUT2D eigenvalue weighted by atomic mass is 10.1. The van der Waals surface area contributed by atoms with E-state index >= 15 is 0 Å². The molecule has 0 aliphatic heterocycles. The Morgan fingerprint density at radius 1 is 1.29 bits per heavy atom. The number of alkyl halides is 3. The first-order chi connectivity index (χ1) is 7.91. The Labute approximate surface area is 99.0 Å². The van der Waals surface area contributed by atoms with Gasteiger partial charge in [0.25, 0.3) is 0 Å². The average molecular weight is 259 g/mol. The first-order valence-electron chi connectivity index (χ1n) is 4.71. The molecule has 0 bridgehead atoms. The Bertz CT molecular complexity index is 586. The number of hydrogen-bond acceptors (Lipinski definition) is 3. The zero-order valence-electron chi connectivity index (χ0n) is 8.75. The van der Waals surface area contributed by atoms with Crippen LogP contribution in [0, 0.1) is 0 Å². The van der Waals surface area contributed by atoms with Gasteiger partial charge in [0.05, 0.1) is 16.2 Å². The summed E-state index contributed by atoms with van der Waals surface area (Å²) in [7, 11) is 0. The van der Waals surface area contributed by atoms with Crippen LogP contribution in [-0.4, -0.2) is 10.9 Å². The van der Waals surface area contributed by atoms with Crippen LogP contribution >= 0.6 is 11.3 Å². The third-order valence-electron chi connectivity index (χ3n) is 2.35. The van der Waals surface area contributed by atoms with Gasteiger partial charge in [0, 0.05) is 4.70 Å². The van der Waals surface area contributed by atoms with Crippen molar-refractivity contribution in [2.24, 2.45) is 5.16 Å². The summed E-state index contributed by atoms with van der Waals surface area (Å²) in [5.41, 5.74) is -0.285. The zero-order valence-corrected chi connectivity index (χ0v) is 9.56. The van der Waals surface area contributed by atoms with E-state index in [0.717, 1.165) is 16.8 Å². The first-order valence-corrected chi connectivity index (χ1v) is 5.53. The van der Waals surface area contributed by atoms with Crippen molar-refractivity contribution in [3.8, 4) is 0 Å². The van der Waals surface area contributed by atoms with Crippen molar-refractivity contribution in [3.63, 3.8) is 0 Å². The van der Waals surface area contributed by atoms with Gasteiger partial charge in [-0.15, -0.1) is 11.3 Å². The van der Waals surface area contributed by atoms with Crippen molar-refractivity contribution < 1.29 is 18.4 Å². The molecule has 1 aromatic carbocycles. The molecular formula is C11H8F3NOS. The second-order valence-corrected chi connectivity index (χ2v) is 4.63. The molecule has 0 aliphatic rings. The quantitative estimate of drug-likeness (QED) is 0.466. The van der Waals surface area contributed by atoms with Gasteiger partial charge in [-0.3, -0.25) is 0 Å². The molecule has 6 heteroatoms. The molecule has 0 atom stereocenters. The number of hydrogen-bond donors (Lipinski definition) is 1. The molecule has 2 aromatic rings. The average Bonchev–Trinajstić information content (AvgIpc) is 2.69. The van der Waals surface area contributed by atoms with Gasteiger partial charge < -0.3 is 5.21 Å². The maximum absolute atomic E-state index is 12.5. The van der Waals surface area contributed by atoms with Crippen molar-refractivity contribution >= 4 is 27.1 Å². The molecule has 0 spiro atoms. The highest BCUT2D eigenvalue weighted by Crippen LogP contribution is 2.34. The van der Waals surface area contributed by atoms with Gasteiger partial charge in [-0.25, -0.2) is 0 Å². The third-order valence-corrected chi connectivity index (χ3v) is 3.58. The van der Waals surface area contributed by atoms with Crippen LogP contribution in [0.2, 0.25) is 0 Å². The normalized spacial score (nSPS) is 13.3. The summed E-state index contributed by atoms with van der Waals surface area (Å²) in [6.07, 6.45) is -4.34. The van der Waals surface area contributed by atoms with Gasteiger partial charge in [0.1, 0.15) is 0 Å². The van der Waals surface area contributed by atoms with Crippen molar-refractivity contribution in [2.75, 3.05) is 0 Å². The van der Waals surface area contributed by atoms with E-state index in [1.54, 1.807) is 13.0 Å². The second kappa shape index (κ2) is 4.03.